The minimum atomic E-state index is -0.459. The molecule has 0 bridgehead atoms. The van der Waals surface area contributed by atoms with E-state index >= 15 is 0 Å². The maximum atomic E-state index is 13.6. The Kier molecular flexibility index (Phi) is 4.35. The third kappa shape index (κ3) is 3.45. The largest absolute Gasteiger partial charge is 0.360 e. The number of halogens is 1. The van der Waals surface area contributed by atoms with E-state index in [0.717, 1.165) is 6.20 Å². The van der Waals surface area contributed by atoms with Gasteiger partial charge in [0.2, 0.25) is 11.8 Å². The van der Waals surface area contributed by atoms with E-state index in [0.29, 0.717) is 24.2 Å². The smallest absolute Gasteiger partial charge is 0.229 e. The monoisotopic (exact) mass is 294 g/mol. The normalized spacial score (nSPS) is 11.0. The first kappa shape index (κ1) is 15.1. The van der Waals surface area contributed by atoms with Crippen molar-refractivity contribution in [2.75, 3.05) is 30.9 Å². The van der Waals surface area contributed by atoms with E-state index in [4.69, 9.17) is 4.52 Å². The molecule has 8 heteroatoms. The molecule has 21 heavy (non-hydrogen) atoms. The zero-order chi connectivity index (χ0) is 15.6. The van der Waals surface area contributed by atoms with Crippen molar-refractivity contribution in [3.63, 3.8) is 0 Å². The van der Waals surface area contributed by atoms with Crippen molar-refractivity contribution >= 4 is 11.8 Å². The van der Waals surface area contributed by atoms with Crippen molar-refractivity contribution in [1.29, 1.82) is 0 Å². The molecular formula is C13H19FN6O. The Balaban J connectivity index is 2.16. The molecule has 0 saturated carbocycles. The van der Waals surface area contributed by atoms with Crippen LogP contribution < -0.4 is 9.80 Å². The first-order chi connectivity index (χ1) is 9.88. The first-order valence-electron chi connectivity index (χ1n) is 6.62. The third-order valence-corrected chi connectivity index (χ3v) is 2.83. The SMILES string of the molecule is CC(C)c1nc(CN(C)c2ncc(F)c(N(C)C)n2)no1. The molecule has 7 nitrogen and oxygen atoms in total. The molecule has 0 saturated heterocycles. The molecular weight excluding hydrogens is 275 g/mol. The summed E-state index contributed by atoms with van der Waals surface area (Å²) < 4.78 is 18.7. The summed E-state index contributed by atoms with van der Waals surface area (Å²) in [6.07, 6.45) is 1.16. The van der Waals surface area contributed by atoms with Crippen molar-refractivity contribution in [3.05, 3.63) is 23.7 Å². The number of hydrogen-bond acceptors (Lipinski definition) is 7. The average Bonchev–Trinajstić information content (AvgIpc) is 2.87. The summed E-state index contributed by atoms with van der Waals surface area (Å²) in [6, 6.07) is 0. The second kappa shape index (κ2) is 6.02. The van der Waals surface area contributed by atoms with Crippen molar-refractivity contribution in [1.82, 2.24) is 20.1 Å². The summed E-state index contributed by atoms with van der Waals surface area (Å²) in [6.45, 7) is 4.34. The molecule has 2 aromatic rings. The minimum Gasteiger partial charge on any atom is -0.360 e. The van der Waals surface area contributed by atoms with Crippen LogP contribution >= 0.6 is 0 Å². The van der Waals surface area contributed by atoms with Crippen LogP contribution in [0.3, 0.4) is 0 Å². The van der Waals surface area contributed by atoms with Crippen molar-refractivity contribution in [3.8, 4) is 0 Å². The molecule has 2 aromatic heterocycles. The predicted molar refractivity (Wildman–Crippen MR) is 76.8 cm³/mol. The summed E-state index contributed by atoms with van der Waals surface area (Å²) >= 11 is 0. The Labute approximate surface area is 122 Å². The highest BCUT2D eigenvalue weighted by Crippen LogP contribution is 2.18. The van der Waals surface area contributed by atoms with E-state index in [1.54, 1.807) is 30.9 Å². The van der Waals surface area contributed by atoms with Gasteiger partial charge >= 0.3 is 0 Å². The standard InChI is InChI=1S/C13H19FN6O/c1-8(2)12-16-10(18-21-12)7-20(5)13-15-6-9(14)11(17-13)19(3)4/h6,8H,7H2,1-5H3. The van der Waals surface area contributed by atoms with E-state index < -0.39 is 5.82 Å². The van der Waals surface area contributed by atoms with Gasteiger partial charge in [-0.2, -0.15) is 9.97 Å². The Hall–Kier alpha value is -2.25. The molecule has 0 unspecified atom stereocenters. The molecule has 0 aromatic carbocycles. The molecule has 0 amide bonds. The average molecular weight is 294 g/mol. The lowest BCUT2D eigenvalue weighted by Gasteiger charge is -2.18. The lowest BCUT2D eigenvalue weighted by molar-refractivity contribution is 0.360. The first-order valence-corrected chi connectivity index (χ1v) is 6.62. The van der Waals surface area contributed by atoms with Gasteiger partial charge in [0.05, 0.1) is 12.7 Å². The lowest BCUT2D eigenvalue weighted by Crippen LogP contribution is -2.22. The molecule has 2 heterocycles. The molecule has 0 aliphatic heterocycles. The summed E-state index contributed by atoms with van der Waals surface area (Å²) in [5.41, 5.74) is 0. The Morgan fingerprint density at radius 2 is 1.95 bits per heavy atom. The second-order valence-electron chi connectivity index (χ2n) is 5.30. The van der Waals surface area contributed by atoms with E-state index in [2.05, 4.69) is 20.1 Å². The van der Waals surface area contributed by atoms with Crippen LogP contribution in [0.5, 0.6) is 0 Å². The van der Waals surface area contributed by atoms with Crippen molar-refractivity contribution in [2.45, 2.75) is 26.3 Å². The van der Waals surface area contributed by atoms with Crippen molar-refractivity contribution in [2.24, 2.45) is 0 Å². The summed E-state index contributed by atoms with van der Waals surface area (Å²) in [7, 11) is 5.24. The third-order valence-electron chi connectivity index (χ3n) is 2.83. The lowest BCUT2D eigenvalue weighted by atomic mass is 10.2. The summed E-state index contributed by atoms with van der Waals surface area (Å²) in [5, 5.41) is 3.91. The van der Waals surface area contributed by atoms with Crippen LogP contribution in [0.1, 0.15) is 31.5 Å². The van der Waals surface area contributed by atoms with Gasteiger partial charge in [0.15, 0.2) is 17.5 Å². The number of nitrogens with zero attached hydrogens (tertiary/aromatic N) is 6. The Morgan fingerprint density at radius 3 is 2.52 bits per heavy atom. The van der Waals surface area contributed by atoms with Gasteiger partial charge in [-0.3, -0.25) is 0 Å². The van der Waals surface area contributed by atoms with Crippen LogP contribution in [0.2, 0.25) is 0 Å². The fourth-order valence-corrected chi connectivity index (χ4v) is 1.70. The van der Waals surface area contributed by atoms with Gasteiger partial charge in [0.25, 0.3) is 0 Å². The van der Waals surface area contributed by atoms with E-state index in [9.17, 15) is 4.39 Å². The number of aromatic nitrogens is 4. The number of anilines is 2. The summed E-state index contributed by atoms with van der Waals surface area (Å²) in [5.74, 6) is 1.49. The molecule has 0 N–H and O–H groups in total. The summed E-state index contributed by atoms with van der Waals surface area (Å²) in [4.78, 5) is 15.8. The molecule has 0 spiro atoms. The van der Waals surface area contributed by atoms with Crippen molar-refractivity contribution < 1.29 is 8.91 Å². The molecule has 0 fully saturated rings. The van der Waals surface area contributed by atoms with Gasteiger partial charge in [-0.1, -0.05) is 19.0 Å². The molecule has 0 aliphatic rings. The minimum absolute atomic E-state index is 0.180. The molecule has 2 rings (SSSR count). The maximum Gasteiger partial charge on any atom is 0.229 e. The zero-order valence-electron chi connectivity index (χ0n) is 12.8. The number of hydrogen-bond donors (Lipinski definition) is 0. The van der Waals surface area contributed by atoms with Crippen LogP contribution in [-0.2, 0) is 6.54 Å². The fourth-order valence-electron chi connectivity index (χ4n) is 1.70. The number of rotatable bonds is 5. The van der Waals surface area contributed by atoms with Crippen LogP contribution in [0, 0.1) is 5.82 Å². The maximum absolute atomic E-state index is 13.6. The molecule has 114 valence electrons. The van der Waals surface area contributed by atoms with Gasteiger partial charge in [0.1, 0.15) is 0 Å². The Morgan fingerprint density at radius 1 is 1.24 bits per heavy atom. The highest BCUT2D eigenvalue weighted by molar-refractivity contribution is 5.43. The van der Waals surface area contributed by atoms with E-state index in [1.165, 1.54) is 0 Å². The second-order valence-corrected chi connectivity index (χ2v) is 5.30. The Bertz CT molecular complexity index is 612. The highest BCUT2D eigenvalue weighted by Gasteiger charge is 2.15. The van der Waals surface area contributed by atoms with Gasteiger partial charge in [-0.25, -0.2) is 9.37 Å². The van der Waals surface area contributed by atoms with Gasteiger partial charge in [0, 0.05) is 27.1 Å². The van der Waals surface area contributed by atoms with Gasteiger partial charge in [-0.05, 0) is 0 Å². The van der Waals surface area contributed by atoms with Gasteiger partial charge < -0.3 is 14.3 Å². The van der Waals surface area contributed by atoms with Gasteiger partial charge in [-0.15, -0.1) is 0 Å². The van der Waals surface area contributed by atoms with Crippen LogP contribution in [0.4, 0.5) is 16.2 Å². The fraction of sp³-hybridized carbons (Fsp3) is 0.538. The van der Waals surface area contributed by atoms with Crippen LogP contribution in [0.25, 0.3) is 0 Å². The predicted octanol–water partition coefficient (Wildman–Crippen LogP) is 1.82. The van der Waals surface area contributed by atoms with Crippen LogP contribution in [-0.4, -0.2) is 41.3 Å². The molecule has 0 atom stereocenters. The molecule has 0 aliphatic carbocycles. The topological polar surface area (TPSA) is 71.2 Å². The van der Waals surface area contributed by atoms with Crippen LogP contribution in [0.15, 0.2) is 10.7 Å². The van der Waals surface area contributed by atoms with E-state index in [1.807, 2.05) is 13.8 Å². The highest BCUT2D eigenvalue weighted by atomic mass is 19.1. The molecule has 0 radical (unpaired) electrons. The quantitative estimate of drug-likeness (QED) is 0.833. The zero-order valence-corrected chi connectivity index (χ0v) is 12.8. The van der Waals surface area contributed by atoms with E-state index in [-0.39, 0.29) is 11.7 Å².